The van der Waals surface area contributed by atoms with Crippen LogP contribution >= 0.6 is 0 Å². The molecule has 1 N–H and O–H groups in total. The van der Waals surface area contributed by atoms with E-state index in [1.54, 1.807) is 18.5 Å². The van der Waals surface area contributed by atoms with Crippen molar-refractivity contribution in [2.75, 3.05) is 0 Å². The highest BCUT2D eigenvalue weighted by Crippen LogP contribution is 2.35. The first-order valence-electron chi connectivity index (χ1n) is 8.24. The number of nitrogens with one attached hydrogen (secondary N) is 1. The first-order valence-corrected chi connectivity index (χ1v) is 8.24. The van der Waals surface area contributed by atoms with Crippen molar-refractivity contribution in [2.24, 2.45) is 7.05 Å². The number of aromatic amines is 1. The maximum absolute atomic E-state index is 13.1. The molecule has 0 amide bonds. The molecule has 2 aromatic carbocycles. The maximum Gasteiger partial charge on any atom is 0.416 e. The Bertz CT molecular complexity index is 1080. The lowest BCUT2D eigenvalue weighted by Gasteiger charge is -2.07. The Balaban J connectivity index is 1.89. The molecular formula is C20H15F3N4. The van der Waals surface area contributed by atoms with Crippen molar-refractivity contribution in [3.05, 3.63) is 72.6 Å². The maximum atomic E-state index is 13.1. The van der Waals surface area contributed by atoms with E-state index in [0.717, 1.165) is 17.7 Å². The SMILES string of the molecule is Cn1ccnc1-c1[nH]c(-c2cccc(C(F)(F)F)c2)nc1-c1ccccc1. The van der Waals surface area contributed by atoms with Gasteiger partial charge in [-0.1, -0.05) is 42.5 Å². The second-order valence-electron chi connectivity index (χ2n) is 6.12. The van der Waals surface area contributed by atoms with Crippen LogP contribution in [0.5, 0.6) is 0 Å². The number of halogens is 3. The Morgan fingerprint density at radius 1 is 0.963 bits per heavy atom. The van der Waals surface area contributed by atoms with Crippen LogP contribution in [0.15, 0.2) is 67.0 Å². The molecule has 2 heterocycles. The van der Waals surface area contributed by atoms with E-state index < -0.39 is 11.7 Å². The monoisotopic (exact) mass is 368 g/mol. The highest BCUT2D eigenvalue weighted by Gasteiger charge is 2.30. The Hall–Kier alpha value is -3.35. The van der Waals surface area contributed by atoms with Crippen LogP contribution in [0.2, 0.25) is 0 Å². The molecule has 4 aromatic rings. The molecule has 0 saturated heterocycles. The molecule has 0 atom stereocenters. The quantitative estimate of drug-likeness (QED) is 0.543. The zero-order valence-corrected chi connectivity index (χ0v) is 14.3. The summed E-state index contributed by atoms with van der Waals surface area (Å²) in [4.78, 5) is 12.1. The Kier molecular flexibility index (Phi) is 4.07. The van der Waals surface area contributed by atoms with Crippen molar-refractivity contribution in [2.45, 2.75) is 6.18 Å². The number of H-pyrrole nitrogens is 1. The molecule has 4 nitrogen and oxygen atoms in total. The van der Waals surface area contributed by atoms with Crippen molar-refractivity contribution < 1.29 is 13.2 Å². The molecule has 0 bridgehead atoms. The molecule has 0 unspecified atom stereocenters. The van der Waals surface area contributed by atoms with Gasteiger partial charge in [0.2, 0.25) is 0 Å². The first-order chi connectivity index (χ1) is 12.9. The molecule has 4 rings (SSSR count). The van der Waals surface area contributed by atoms with E-state index in [0.29, 0.717) is 28.6 Å². The molecule has 0 aliphatic rings. The highest BCUT2D eigenvalue weighted by atomic mass is 19.4. The zero-order chi connectivity index (χ0) is 19.0. The van der Waals surface area contributed by atoms with Gasteiger partial charge >= 0.3 is 6.18 Å². The summed E-state index contributed by atoms with van der Waals surface area (Å²) in [6.07, 6.45) is -0.947. The van der Waals surface area contributed by atoms with Gasteiger partial charge in [-0.05, 0) is 12.1 Å². The molecule has 2 aromatic heterocycles. The van der Waals surface area contributed by atoms with Gasteiger partial charge in [0.05, 0.1) is 5.56 Å². The lowest BCUT2D eigenvalue weighted by molar-refractivity contribution is -0.137. The van der Waals surface area contributed by atoms with E-state index in [2.05, 4.69) is 15.0 Å². The number of rotatable bonds is 3. The van der Waals surface area contributed by atoms with Crippen LogP contribution in [0.25, 0.3) is 34.2 Å². The molecule has 27 heavy (non-hydrogen) atoms. The number of benzene rings is 2. The van der Waals surface area contributed by atoms with Crippen molar-refractivity contribution in [1.82, 2.24) is 19.5 Å². The number of aryl methyl sites for hydroxylation is 1. The zero-order valence-electron chi connectivity index (χ0n) is 14.3. The van der Waals surface area contributed by atoms with E-state index in [1.165, 1.54) is 6.07 Å². The number of alkyl halides is 3. The molecule has 0 saturated carbocycles. The summed E-state index contributed by atoms with van der Waals surface area (Å²) in [5.41, 5.74) is 1.79. The summed E-state index contributed by atoms with van der Waals surface area (Å²) in [6.45, 7) is 0. The molecule has 136 valence electrons. The van der Waals surface area contributed by atoms with Gasteiger partial charge in [-0.25, -0.2) is 9.97 Å². The van der Waals surface area contributed by atoms with Crippen LogP contribution in [0.3, 0.4) is 0 Å². The third-order valence-corrected chi connectivity index (χ3v) is 4.26. The minimum absolute atomic E-state index is 0.359. The average molecular weight is 368 g/mol. The first kappa shape index (κ1) is 17.1. The van der Waals surface area contributed by atoms with Crippen LogP contribution in [-0.4, -0.2) is 19.5 Å². The number of aromatic nitrogens is 4. The van der Waals surface area contributed by atoms with E-state index in [9.17, 15) is 13.2 Å². The number of nitrogens with zero attached hydrogens (tertiary/aromatic N) is 3. The predicted molar refractivity (Wildman–Crippen MR) is 96.7 cm³/mol. The number of hydrogen-bond donors (Lipinski definition) is 1. The van der Waals surface area contributed by atoms with Crippen molar-refractivity contribution >= 4 is 0 Å². The van der Waals surface area contributed by atoms with E-state index in [-0.39, 0.29) is 0 Å². The topological polar surface area (TPSA) is 46.5 Å². The Morgan fingerprint density at radius 2 is 1.70 bits per heavy atom. The number of hydrogen-bond acceptors (Lipinski definition) is 2. The predicted octanol–water partition coefficient (Wildman–Crippen LogP) is 5.16. The summed E-state index contributed by atoms with van der Waals surface area (Å²) in [5, 5.41) is 0. The van der Waals surface area contributed by atoms with E-state index in [1.807, 2.05) is 41.9 Å². The van der Waals surface area contributed by atoms with Gasteiger partial charge in [-0.15, -0.1) is 0 Å². The second-order valence-corrected chi connectivity index (χ2v) is 6.12. The second kappa shape index (κ2) is 6.42. The van der Waals surface area contributed by atoms with Crippen LogP contribution in [0, 0.1) is 0 Å². The fourth-order valence-electron chi connectivity index (χ4n) is 2.93. The van der Waals surface area contributed by atoms with Gasteiger partial charge in [-0.3, -0.25) is 0 Å². The minimum atomic E-state index is -4.41. The molecule has 0 spiro atoms. The minimum Gasteiger partial charge on any atom is -0.335 e. The summed E-state index contributed by atoms with van der Waals surface area (Å²) >= 11 is 0. The molecular weight excluding hydrogens is 353 g/mol. The van der Waals surface area contributed by atoms with Crippen LogP contribution in [-0.2, 0) is 13.2 Å². The molecule has 7 heteroatoms. The van der Waals surface area contributed by atoms with Gasteiger partial charge in [0.25, 0.3) is 0 Å². The summed E-state index contributed by atoms with van der Waals surface area (Å²) in [5.74, 6) is 1.01. The van der Waals surface area contributed by atoms with E-state index >= 15 is 0 Å². The fourth-order valence-corrected chi connectivity index (χ4v) is 2.93. The smallest absolute Gasteiger partial charge is 0.335 e. The van der Waals surface area contributed by atoms with Crippen molar-refractivity contribution in [1.29, 1.82) is 0 Å². The Labute approximate surface area is 153 Å². The Morgan fingerprint density at radius 3 is 2.37 bits per heavy atom. The van der Waals surface area contributed by atoms with Gasteiger partial charge in [-0.2, -0.15) is 13.2 Å². The van der Waals surface area contributed by atoms with Crippen molar-refractivity contribution in [3.63, 3.8) is 0 Å². The fraction of sp³-hybridized carbons (Fsp3) is 0.100. The summed E-state index contributed by atoms with van der Waals surface area (Å²) in [6, 6.07) is 14.6. The van der Waals surface area contributed by atoms with Crippen molar-refractivity contribution in [3.8, 4) is 34.2 Å². The molecule has 0 aliphatic heterocycles. The van der Waals surface area contributed by atoms with Gasteiger partial charge < -0.3 is 9.55 Å². The third kappa shape index (κ3) is 3.23. The van der Waals surface area contributed by atoms with Crippen LogP contribution in [0.1, 0.15) is 5.56 Å². The van der Waals surface area contributed by atoms with Gasteiger partial charge in [0, 0.05) is 30.6 Å². The summed E-state index contributed by atoms with van der Waals surface area (Å²) < 4.78 is 41.0. The molecule has 0 aliphatic carbocycles. The van der Waals surface area contributed by atoms with Gasteiger partial charge in [0.1, 0.15) is 17.2 Å². The van der Waals surface area contributed by atoms with Gasteiger partial charge in [0.15, 0.2) is 5.82 Å². The molecule has 0 radical (unpaired) electrons. The van der Waals surface area contributed by atoms with Crippen LogP contribution in [0.4, 0.5) is 13.2 Å². The highest BCUT2D eigenvalue weighted by molar-refractivity contribution is 5.78. The van der Waals surface area contributed by atoms with E-state index in [4.69, 9.17) is 0 Å². The average Bonchev–Trinajstić information content (AvgIpc) is 3.28. The standard InChI is InChI=1S/C20H15F3N4/c1-27-11-10-24-19(27)17-16(13-6-3-2-4-7-13)25-18(26-17)14-8-5-9-15(12-14)20(21,22)23/h2-12H,1H3,(H,25,26). The third-order valence-electron chi connectivity index (χ3n) is 4.26. The number of imidazole rings is 2. The summed E-state index contributed by atoms with van der Waals surface area (Å²) in [7, 11) is 1.85. The lowest BCUT2D eigenvalue weighted by atomic mass is 10.1. The molecule has 0 fully saturated rings. The van der Waals surface area contributed by atoms with Crippen LogP contribution < -0.4 is 0 Å². The normalized spacial score (nSPS) is 11.7. The lowest BCUT2D eigenvalue weighted by Crippen LogP contribution is -2.04. The largest absolute Gasteiger partial charge is 0.416 e.